The van der Waals surface area contributed by atoms with Crippen LogP contribution in [0.15, 0.2) is 29.2 Å². The van der Waals surface area contributed by atoms with Crippen molar-refractivity contribution in [1.82, 2.24) is 9.62 Å². The Morgan fingerprint density at radius 2 is 1.76 bits per heavy atom. The number of hydrogen-bond donors (Lipinski definition) is 1. The summed E-state index contributed by atoms with van der Waals surface area (Å²) >= 11 is 5.73. The molecule has 1 N–H and O–H groups in total. The number of carbonyl (C=O) groups excluding carboxylic acids is 1. The molecule has 1 aromatic rings. The fraction of sp³-hybridized carbons (Fsp3) is 0.500. The number of carbonyl (C=O) groups is 1. The highest BCUT2D eigenvalue weighted by Crippen LogP contribution is 2.14. The lowest BCUT2D eigenvalue weighted by atomic mass is 10.1. The van der Waals surface area contributed by atoms with Gasteiger partial charge >= 0.3 is 0 Å². The van der Waals surface area contributed by atoms with Gasteiger partial charge in [0.2, 0.25) is 15.9 Å². The normalized spacial score (nSPS) is 16.0. The first-order valence-corrected chi connectivity index (χ1v) is 8.88. The van der Waals surface area contributed by atoms with Gasteiger partial charge in [0.1, 0.15) is 0 Å². The van der Waals surface area contributed by atoms with Crippen molar-refractivity contribution >= 4 is 27.5 Å². The SMILES string of the molecule is O=C(CCNS(=O)(=O)c1ccc(Cl)cc1)N1CCCCC1. The fourth-order valence-electron chi connectivity index (χ4n) is 2.29. The van der Waals surface area contributed by atoms with Gasteiger partial charge in [-0.05, 0) is 43.5 Å². The molecule has 0 bridgehead atoms. The zero-order valence-electron chi connectivity index (χ0n) is 11.7. The number of sulfonamides is 1. The fourth-order valence-corrected chi connectivity index (χ4v) is 3.45. The third-order valence-electron chi connectivity index (χ3n) is 3.46. The molecule has 0 atom stereocenters. The molecule has 1 fully saturated rings. The van der Waals surface area contributed by atoms with Crippen LogP contribution in [0.1, 0.15) is 25.7 Å². The number of rotatable bonds is 5. The molecule has 0 spiro atoms. The molecule has 1 amide bonds. The van der Waals surface area contributed by atoms with Crippen molar-refractivity contribution < 1.29 is 13.2 Å². The first-order chi connectivity index (χ1) is 9.99. The van der Waals surface area contributed by atoms with E-state index in [-0.39, 0.29) is 23.8 Å². The van der Waals surface area contributed by atoms with Crippen LogP contribution >= 0.6 is 11.6 Å². The molecule has 0 radical (unpaired) electrons. The van der Waals surface area contributed by atoms with E-state index in [0.717, 1.165) is 32.4 Å². The molecule has 21 heavy (non-hydrogen) atoms. The monoisotopic (exact) mass is 330 g/mol. The van der Waals surface area contributed by atoms with Crippen LogP contribution in [-0.4, -0.2) is 38.9 Å². The molecule has 1 aromatic carbocycles. The molecule has 7 heteroatoms. The molecule has 2 rings (SSSR count). The van der Waals surface area contributed by atoms with Crippen molar-refractivity contribution in [2.45, 2.75) is 30.6 Å². The number of amides is 1. The molecule has 5 nitrogen and oxygen atoms in total. The number of piperidine rings is 1. The van der Waals surface area contributed by atoms with E-state index in [1.807, 2.05) is 0 Å². The minimum atomic E-state index is -3.58. The van der Waals surface area contributed by atoms with E-state index in [9.17, 15) is 13.2 Å². The Balaban J connectivity index is 1.84. The standard InChI is InChI=1S/C14H19ClN2O3S/c15-12-4-6-13(7-5-12)21(19,20)16-9-8-14(18)17-10-2-1-3-11-17/h4-7,16H,1-3,8-11H2. The third kappa shape index (κ3) is 4.69. The Kier molecular flexibility index (Phi) is 5.61. The molecule has 0 aromatic heterocycles. The molecule has 0 aliphatic carbocycles. The maximum Gasteiger partial charge on any atom is 0.240 e. The summed E-state index contributed by atoms with van der Waals surface area (Å²) < 4.78 is 26.5. The van der Waals surface area contributed by atoms with E-state index in [4.69, 9.17) is 11.6 Å². The molecular weight excluding hydrogens is 312 g/mol. The second-order valence-electron chi connectivity index (χ2n) is 5.04. The Hall–Kier alpha value is -1.11. The van der Waals surface area contributed by atoms with Crippen molar-refractivity contribution in [3.05, 3.63) is 29.3 Å². The molecule has 1 saturated heterocycles. The number of likely N-dealkylation sites (tertiary alicyclic amines) is 1. The van der Waals surface area contributed by atoms with Gasteiger partial charge in [0.15, 0.2) is 0 Å². The average Bonchev–Trinajstić information content (AvgIpc) is 2.48. The van der Waals surface area contributed by atoms with Crippen LogP contribution in [0, 0.1) is 0 Å². The summed E-state index contributed by atoms with van der Waals surface area (Å²) in [5.74, 6) is 0.00788. The van der Waals surface area contributed by atoms with E-state index < -0.39 is 10.0 Å². The maximum atomic E-state index is 12.0. The van der Waals surface area contributed by atoms with Crippen molar-refractivity contribution in [1.29, 1.82) is 0 Å². The highest BCUT2D eigenvalue weighted by Gasteiger charge is 2.18. The predicted molar refractivity (Wildman–Crippen MR) is 81.7 cm³/mol. The predicted octanol–water partition coefficient (Wildman–Crippen LogP) is 2.02. The molecule has 1 heterocycles. The van der Waals surface area contributed by atoms with Gasteiger partial charge in [-0.2, -0.15) is 0 Å². The zero-order chi connectivity index (χ0) is 15.3. The summed E-state index contributed by atoms with van der Waals surface area (Å²) in [4.78, 5) is 13.9. The van der Waals surface area contributed by atoms with E-state index in [2.05, 4.69) is 4.72 Å². The number of halogens is 1. The van der Waals surface area contributed by atoms with Crippen LogP contribution in [-0.2, 0) is 14.8 Å². The summed E-state index contributed by atoms with van der Waals surface area (Å²) in [6.45, 7) is 1.67. The smallest absolute Gasteiger partial charge is 0.240 e. The quantitative estimate of drug-likeness (QED) is 0.898. The minimum absolute atomic E-state index is 0.00788. The first kappa shape index (κ1) is 16.3. The van der Waals surface area contributed by atoms with Crippen molar-refractivity contribution in [3.63, 3.8) is 0 Å². The molecule has 0 saturated carbocycles. The lowest BCUT2D eigenvalue weighted by Gasteiger charge is -2.26. The van der Waals surface area contributed by atoms with Gasteiger partial charge in [-0.15, -0.1) is 0 Å². The topological polar surface area (TPSA) is 66.5 Å². The van der Waals surface area contributed by atoms with Crippen LogP contribution in [0.3, 0.4) is 0 Å². The lowest BCUT2D eigenvalue weighted by molar-refractivity contribution is -0.131. The Morgan fingerprint density at radius 3 is 2.38 bits per heavy atom. The Labute approximate surface area is 130 Å². The van der Waals surface area contributed by atoms with Gasteiger partial charge in [-0.25, -0.2) is 13.1 Å². The summed E-state index contributed by atoms with van der Waals surface area (Å²) in [7, 11) is -3.58. The third-order valence-corrected chi connectivity index (χ3v) is 5.19. The summed E-state index contributed by atoms with van der Waals surface area (Å²) in [6.07, 6.45) is 3.41. The Bertz CT molecular complexity index is 581. The highest BCUT2D eigenvalue weighted by atomic mass is 35.5. The summed E-state index contributed by atoms with van der Waals surface area (Å²) in [5, 5.41) is 0.481. The van der Waals surface area contributed by atoms with Gasteiger partial charge in [0.25, 0.3) is 0 Å². The largest absolute Gasteiger partial charge is 0.343 e. The van der Waals surface area contributed by atoms with E-state index in [0.29, 0.717) is 5.02 Å². The minimum Gasteiger partial charge on any atom is -0.343 e. The number of hydrogen-bond acceptors (Lipinski definition) is 3. The Morgan fingerprint density at radius 1 is 1.14 bits per heavy atom. The average molecular weight is 331 g/mol. The molecule has 116 valence electrons. The van der Waals surface area contributed by atoms with Gasteiger partial charge in [0.05, 0.1) is 4.90 Å². The first-order valence-electron chi connectivity index (χ1n) is 7.02. The second-order valence-corrected chi connectivity index (χ2v) is 7.25. The van der Waals surface area contributed by atoms with Crippen LogP contribution in [0.4, 0.5) is 0 Å². The van der Waals surface area contributed by atoms with Gasteiger partial charge in [-0.1, -0.05) is 11.6 Å². The second kappa shape index (κ2) is 7.24. The number of nitrogens with zero attached hydrogens (tertiary/aromatic N) is 1. The summed E-state index contributed by atoms with van der Waals surface area (Å²) in [6, 6.07) is 5.93. The summed E-state index contributed by atoms with van der Waals surface area (Å²) in [5.41, 5.74) is 0. The molecular formula is C14H19ClN2O3S. The van der Waals surface area contributed by atoms with Crippen molar-refractivity contribution in [2.75, 3.05) is 19.6 Å². The highest BCUT2D eigenvalue weighted by molar-refractivity contribution is 7.89. The molecule has 1 aliphatic heterocycles. The van der Waals surface area contributed by atoms with Gasteiger partial charge < -0.3 is 4.90 Å². The number of nitrogens with one attached hydrogen (secondary N) is 1. The van der Waals surface area contributed by atoms with Crippen LogP contribution in [0.2, 0.25) is 5.02 Å². The van der Waals surface area contributed by atoms with E-state index in [1.165, 1.54) is 24.3 Å². The van der Waals surface area contributed by atoms with Crippen LogP contribution in [0.5, 0.6) is 0 Å². The molecule has 0 unspecified atom stereocenters. The van der Waals surface area contributed by atoms with E-state index >= 15 is 0 Å². The maximum absolute atomic E-state index is 12.0. The molecule has 1 aliphatic rings. The zero-order valence-corrected chi connectivity index (χ0v) is 13.3. The van der Waals surface area contributed by atoms with E-state index in [1.54, 1.807) is 4.90 Å². The van der Waals surface area contributed by atoms with Crippen molar-refractivity contribution in [2.24, 2.45) is 0 Å². The van der Waals surface area contributed by atoms with Crippen LogP contribution < -0.4 is 4.72 Å². The van der Waals surface area contributed by atoms with Gasteiger partial charge in [-0.3, -0.25) is 4.79 Å². The van der Waals surface area contributed by atoms with Crippen molar-refractivity contribution in [3.8, 4) is 0 Å². The lowest BCUT2D eigenvalue weighted by Crippen LogP contribution is -2.37. The number of benzene rings is 1. The van der Waals surface area contributed by atoms with Gasteiger partial charge in [0, 0.05) is 31.1 Å². The van der Waals surface area contributed by atoms with Crippen LogP contribution in [0.25, 0.3) is 0 Å².